The summed E-state index contributed by atoms with van der Waals surface area (Å²) in [4.78, 5) is 15.4. The number of amides is 1. The molecule has 4 rings (SSSR count). The number of ether oxygens (including phenoxy) is 1. The lowest BCUT2D eigenvalue weighted by Crippen LogP contribution is -2.47. The molecular formula is C25H26N2O4S. The molecule has 0 aliphatic carbocycles. The monoisotopic (exact) mass is 450 g/mol. The fourth-order valence-electron chi connectivity index (χ4n) is 4.44. The van der Waals surface area contributed by atoms with Crippen LogP contribution in [-0.2, 0) is 10.0 Å². The average Bonchev–Trinajstić information content (AvgIpc) is 2.78. The van der Waals surface area contributed by atoms with Gasteiger partial charge in [-0.3, -0.25) is 9.10 Å². The number of rotatable bonds is 5. The summed E-state index contributed by atoms with van der Waals surface area (Å²) in [6.07, 6.45) is 1.68. The van der Waals surface area contributed by atoms with Crippen molar-refractivity contribution in [1.82, 2.24) is 0 Å². The number of hydrogen-bond acceptors (Lipinski definition) is 4. The molecule has 6 nitrogen and oxygen atoms in total. The average molecular weight is 451 g/mol. The molecule has 7 heteroatoms. The number of anilines is 2. The zero-order valence-corrected chi connectivity index (χ0v) is 19.1. The standard InChI is InChI=1S/C25H26N2O4S/c1-18-17-23(27(32(3,29)30)19-11-5-4-6-12-19)20-13-7-9-15-22(20)26(18)25(28)21-14-8-10-16-24(21)31-2/h4-16,18,23H,17H2,1-3H3/t18-,23+/m1/s1. The van der Waals surface area contributed by atoms with Crippen LogP contribution < -0.4 is 13.9 Å². The number of sulfonamides is 1. The van der Waals surface area contributed by atoms with E-state index in [1.165, 1.54) is 10.6 Å². The van der Waals surface area contributed by atoms with E-state index < -0.39 is 16.1 Å². The van der Waals surface area contributed by atoms with Gasteiger partial charge in [0, 0.05) is 11.7 Å². The topological polar surface area (TPSA) is 66.9 Å². The van der Waals surface area contributed by atoms with Crippen molar-refractivity contribution in [1.29, 1.82) is 0 Å². The van der Waals surface area contributed by atoms with Gasteiger partial charge >= 0.3 is 0 Å². The fraction of sp³-hybridized carbons (Fsp3) is 0.240. The van der Waals surface area contributed by atoms with Crippen molar-refractivity contribution in [2.45, 2.75) is 25.4 Å². The summed E-state index contributed by atoms with van der Waals surface area (Å²) in [7, 11) is -2.03. The zero-order valence-electron chi connectivity index (χ0n) is 18.3. The largest absolute Gasteiger partial charge is 0.496 e. The van der Waals surface area contributed by atoms with Crippen LogP contribution in [0.5, 0.6) is 5.75 Å². The van der Waals surface area contributed by atoms with Crippen LogP contribution in [-0.4, -0.2) is 33.7 Å². The molecule has 0 saturated carbocycles. The maximum absolute atomic E-state index is 13.6. The normalized spacial score (nSPS) is 18.0. The van der Waals surface area contributed by atoms with E-state index in [-0.39, 0.29) is 11.9 Å². The van der Waals surface area contributed by atoms with Crippen LogP contribution in [0.3, 0.4) is 0 Å². The van der Waals surface area contributed by atoms with E-state index >= 15 is 0 Å². The van der Waals surface area contributed by atoms with E-state index in [2.05, 4.69) is 0 Å². The van der Waals surface area contributed by atoms with Crippen LogP contribution in [0.2, 0.25) is 0 Å². The van der Waals surface area contributed by atoms with Crippen LogP contribution in [0.15, 0.2) is 78.9 Å². The lowest BCUT2D eigenvalue weighted by atomic mass is 9.90. The maximum Gasteiger partial charge on any atom is 0.262 e. The second-order valence-corrected chi connectivity index (χ2v) is 9.79. The lowest BCUT2D eigenvalue weighted by Gasteiger charge is -2.43. The first-order valence-corrected chi connectivity index (χ1v) is 12.3. The molecule has 0 unspecified atom stereocenters. The van der Waals surface area contributed by atoms with E-state index in [0.29, 0.717) is 29.1 Å². The summed E-state index contributed by atoms with van der Waals surface area (Å²) in [5.74, 6) is 0.331. The van der Waals surface area contributed by atoms with E-state index in [4.69, 9.17) is 4.74 Å². The summed E-state index contributed by atoms with van der Waals surface area (Å²) in [6.45, 7) is 1.95. The van der Waals surface area contributed by atoms with Gasteiger partial charge in [0.1, 0.15) is 5.75 Å². The van der Waals surface area contributed by atoms with Crippen molar-refractivity contribution >= 4 is 27.3 Å². The van der Waals surface area contributed by atoms with Gasteiger partial charge in [0.25, 0.3) is 5.91 Å². The summed E-state index contributed by atoms with van der Waals surface area (Å²) in [5, 5.41) is 0. The molecule has 0 fully saturated rings. The first kappa shape index (κ1) is 21.9. The van der Waals surface area contributed by atoms with Crippen molar-refractivity contribution in [3.05, 3.63) is 90.0 Å². The molecule has 0 bridgehead atoms. The minimum Gasteiger partial charge on any atom is -0.496 e. The molecule has 166 valence electrons. The van der Waals surface area contributed by atoms with E-state index in [1.807, 2.05) is 55.5 Å². The van der Waals surface area contributed by atoms with Gasteiger partial charge in [-0.05, 0) is 49.2 Å². The summed E-state index contributed by atoms with van der Waals surface area (Å²) < 4.78 is 32.7. The third-order valence-electron chi connectivity index (χ3n) is 5.77. The van der Waals surface area contributed by atoms with Gasteiger partial charge in [0.05, 0.1) is 30.7 Å². The van der Waals surface area contributed by atoms with Gasteiger partial charge in [0.2, 0.25) is 10.0 Å². The Hall–Kier alpha value is -3.32. The van der Waals surface area contributed by atoms with Gasteiger partial charge in [-0.2, -0.15) is 0 Å². The number of nitrogens with zero attached hydrogens (tertiary/aromatic N) is 2. The second kappa shape index (κ2) is 8.67. The second-order valence-electron chi connectivity index (χ2n) is 7.93. The zero-order chi connectivity index (χ0) is 22.9. The molecular weight excluding hydrogens is 424 g/mol. The Morgan fingerprint density at radius 3 is 2.28 bits per heavy atom. The summed E-state index contributed by atoms with van der Waals surface area (Å²) in [5.41, 5.74) is 2.57. The Balaban J connectivity index is 1.83. The molecule has 0 spiro atoms. The molecule has 1 aliphatic rings. The fourth-order valence-corrected chi connectivity index (χ4v) is 5.61. The van der Waals surface area contributed by atoms with Crippen LogP contribution >= 0.6 is 0 Å². The number of para-hydroxylation sites is 3. The van der Waals surface area contributed by atoms with Gasteiger partial charge in [-0.1, -0.05) is 48.5 Å². The molecule has 0 saturated heterocycles. The molecule has 0 N–H and O–H groups in total. The van der Waals surface area contributed by atoms with Crippen molar-refractivity contribution < 1.29 is 17.9 Å². The quantitative estimate of drug-likeness (QED) is 0.568. The Morgan fingerprint density at radius 2 is 1.59 bits per heavy atom. The molecule has 1 amide bonds. The van der Waals surface area contributed by atoms with Crippen LogP contribution in [0.1, 0.15) is 35.3 Å². The summed E-state index contributed by atoms with van der Waals surface area (Å²) >= 11 is 0. The minimum absolute atomic E-state index is 0.175. The van der Waals surface area contributed by atoms with Gasteiger partial charge in [-0.25, -0.2) is 8.42 Å². The Labute approximate surface area is 189 Å². The predicted octanol–water partition coefficient (Wildman–Crippen LogP) is 4.64. The predicted molar refractivity (Wildman–Crippen MR) is 127 cm³/mol. The number of fused-ring (bicyclic) bond motifs is 1. The smallest absolute Gasteiger partial charge is 0.262 e. The highest BCUT2D eigenvalue weighted by atomic mass is 32.2. The van der Waals surface area contributed by atoms with Crippen LogP contribution in [0.4, 0.5) is 11.4 Å². The molecule has 2 atom stereocenters. The maximum atomic E-state index is 13.6. The molecule has 3 aromatic carbocycles. The molecule has 0 radical (unpaired) electrons. The first-order valence-electron chi connectivity index (χ1n) is 10.4. The number of carbonyl (C=O) groups excluding carboxylic acids is 1. The molecule has 32 heavy (non-hydrogen) atoms. The highest BCUT2D eigenvalue weighted by Gasteiger charge is 2.40. The molecule has 3 aromatic rings. The van der Waals surface area contributed by atoms with E-state index in [9.17, 15) is 13.2 Å². The molecule has 0 aromatic heterocycles. The Bertz CT molecular complexity index is 1230. The van der Waals surface area contributed by atoms with Gasteiger partial charge < -0.3 is 9.64 Å². The Kier molecular flexibility index (Phi) is 5.93. The van der Waals surface area contributed by atoms with Crippen molar-refractivity contribution in [3.63, 3.8) is 0 Å². The number of methoxy groups -OCH3 is 1. The number of carbonyl (C=O) groups is 1. The SMILES string of the molecule is COc1ccccc1C(=O)N1c2ccccc2[C@@H](N(c2ccccc2)S(C)(=O)=O)C[C@H]1C. The van der Waals surface area contributed by atoms with Crippen molar-refractivity contribution in [3.8, 4) is 5.75 Å². The number of hydrogen-bond donors (Lipinski definition) is 0. The van der Waals surface area contributed by atoms with Crippen LogP contribution in [0.25, 0.3) is 0 Å². The highest BCUT2D eigenvalue weighted by Crippen LogP contribution is 2.44. The van der Waals surface area contributed by atoms with Crippen molar-refractivity contribution in [2.24, 2.45) is 0 Å². The highest BCUT2D eigenvalue weighted by molar-refractivity contribution is 7.92. The van der Waals surface area contributed by atoms with Gasteiger partial charge in [-0.15, -0.1) is 0 Å². The number of benzene rings is 3. The van der Waals surface area contributed by atoms with Gasteiger partial charge in [0.15, 0.2) is 0 Å². The third kappa shape index (κ3) is 3.96. The van der Waals surface area contributed by atoms with E-state index in [1.54, 1.807) is 42.3 Å². The first-order chi connectivity index (χ1) is 15.3. The molecule has 1 heterocycles. The minimum atomic E-state index is -3.57. The van der Waals surface area contributed by atoms with E-state index in [0.717, 1.165) is 5.56 Å². The third-order valence-corrected chi connectivity index (χ3v) is 6.95. The molecule has 1 aliphatic heterocycles. The van der Waals surface area contributed by atoms with Crippen LogP contribution in [0, 0.1) is 0 Å². The lowest BCUT2D eigenvalue weighted by molar-refractivity contribution is 0.0971. The Morgan fingerprint density at radius 1 is 0.969 bits per heavy atom. The summed E-state index contributed by atoms with van der Waals surface area (Å²) in [6, 6.07) is 23.1. The van der Waals surface area contributed by atoms with Crippen molar-refractivity contribution in [2.75, 3.05) is 22.6 Å².